The Morgan fingerprint density at radius 2 is 1.96 bits per heavy atom. The minimum Gasteiger partial charge on any atom is -0.360 e. The first-order chi connectivity index (χ1) is 12.7. The van der Waals surface area contributed by atoms with Crippen LogP contribution in [0.25, 0.3) is 10.2 Å². The van der Waals surface area contributed by atoms with Crippen molar-refractivity contribution in [2.45, 2.75) is 51.5 Å². The van der Waals surface area contributed by atoms with Crippen molar-refractivity contribution < 1.29 is 0 Å². The third-order valence-electron chi connectivity index (χ3n) is 5.62. The number of rotatable bonds is 3. The predicted octanol–water partition coefficient (Wildman–Crippen LogP) is 4.19. The fourth-order valence-corrected chi connectivity index (χ4v) is 5.36. The summed E-state index contributed by atoms with van der Waals surface area (Å²) < 4.78 is 1.30. The van der Waals surface area contributed by atoms with Crippen molar-refractivity contribution in [1.29, 1.82) is 0 Å². The molecule has 0 spiro atoms. The van der Waals surface area contributed by atoms with Crippen LogP contribution in [0.5, 0.6) is 0 Å². The molecule has 2 fully saturated rings. The molecule has 0 unspecified atom stereocenters. The predicted molar refractivity (Wildman–Crippen MR) is 115 cm³/mol. The lowest BCUT2D eigenvalue weighted by Crippen LogP contribution is -2.53. The molecule has 26 heavy (non-hydrogen) atoms. The maximum atomic E-state index is 5.67. The molecule has 4 nitrogen and oxygen atoms in total. The fourth-order valence-electron chi connectivity index (χ4n) is 3.93. The second-order valence-corrected chi connectivity index (χ2v) is 8.81. The Bertz CT molecular complexity index is 758. The zero-order chi connectivity index (χ0) is 17.9. The van der Waals surface area contributed by atoms with Crippen LogP contribution in [-0.4, -0.2) is 47.2 Å². The number of anilines is 1. The van der Waals surface area contributed by atoms with Crippen LogP contribution in [0.4, 0.5) is 5.13 Å². The average Bonchev–Trinajstić information content (AvgIpc) is 3.12. The lowest BCUT2D eigenvalue weighted by Gasteiger charge is -2.37. The number of hydrogen-bond donors (Lipinski definition) is 1. The summed E-state index contributed by atoms with van der Waals surface area (Å²) in [6.07, 6.45) is 7.67. The van der Waals surface area contributed by atoms with Crippen LogP contribution in [0.1, 0.15) is 44.6 Å². The molecule has 2 heterocycles. The number of piperazine rings is 1. The van der Waals surface area contributed by atoms with E-state index in [-0.39, 0.29) is 0 Å². The van der Waals surface area contributed by atoms with E-state index in [1.807, 2.05) is 11.3 Å². The third kappa shape index (κ3) is 3.96. The summed E-state index contributed by atoms with van der Waals surface area (Å²) in [5, 5.41) is 5.71. The number of nitrogens with zero attached hydrogens (tertiary/aromatic N) is 3. The van der Waals surface area contributed by atoms with Crippen LogP contribution in [-0.2, 0) is 6.42 Å². The Labute approximate surface area is 165 Å². The van der Waals surface area contributed by atoms with Gasteiger partial charge in [0.2, 0.25) is 0 Å². The van der Waals surface area contributed by atoms with E-state index in [0.717, 1.165) is 48.4 Å². The van der Waals surface area contributed by atoms with E-state index < -0.39 is 0 Å². The molecular weight excluding hydrogens is 360 g/mol. The molecule has 0 amide bonds. The van der Waals surface area contributed by atoms with Crippen LogP contribution in [0.15, 0.2) is 18.2 Å². The molecule has 140 valence electrons. The van der Waals surface area contributed by atoms with Gasteiger partial charge in [-0.2, -0.15) is 0 Å². The molecule has 1 aliphatic heterocycles. The van der Waals surface area contributed by atoms with Gasteiger partial charge in [-0.3, -0.25) is 0 Å². The summed E-state index contributed by atoms with van der Waals surface area (Å²) in [5.74, 6) is 0. The Balaban J connectivity index is 1.35. The maximum Gasteiger partial charge on any atom is 0.186 e. The number of hydrogen-bond acceptors (Lipinski definition) is 4. The summed E-state index contributed by atoms with van der Waals surface area (Å²) in [5.41, 5.74) is 2.51. The van der Waals surface area contributed by atoms with Crippen molar-refractivity contribution in [1.82, 2.24) is 15.2 Å². The molecular formula is C20H28N4S2. The van der Waals surface area contributed by atoms with E-state index in [9.17, 15) is 0 Å². The van der Waals surface area contributed by atoms with Crippen molar-refractivity contribution >= 4 is 44.0 Å². The van der Waals surface area contributed by atoms with Crippen molar-refractivity contribution in [2.24, 2.45) is 0 Å². The summed E-state index contributed by atoms with van der Waals surface area (Å²) in [7, 11) is 0. The molecule has 1 aromatic carbocycles. The molecule has 2 aliphatic rings. The zero-order valence-corrected chi connectivity index (χ0v) is 17.2. The molecule has 4 rings (SSSR count). The second kappa shape index (κ2) is 8.09. The zero-order valence-electron chi connectivity index (χ0n) is 15.5. The molecule has 0 radical (unpaired) electrons. The highest BCUT2D eigenvalue weighted by molar-refractivity contribution is 7.80. The summed E-state index contributed by atoms with van der Waals surface area (Å²) in [6.45, 7) is 6.15. The van der Waals surface area contributed by atoms with Crippen molar-refractivity contribution in [3.63, 3.8) is 0 Å². The first kappa shape index (κ1) is 18.0. The minimum atomic E-state index is 0.589. The van der Waals surface area contributed by atoms with Gasteiger partial charge in [0.05, 0.1) is 10.2 Å². The fraction of sp³-hybridized carbons (Fsp3) is 0.600. The molecule has 0 atom stereocenters. The third-order valence-corrected chi connectivity index (χ3v) is 7.07. The van der Waals surface area contributed by atoms with E-state index in [1.54, 1.807) is 0 Å². The van der Waals surface area contributed by atoms with Gasteiger partial charge in [-0.15, -0.1) is 0 Å². The van der Waals surface area contributed by atoms with Gasteiger partial charge >= 0.3 is 0 Å². The first-order valence-corrected chi connectivity index (χ1v) is 11.2. The van der Waals surface area contributed by atoms with E-state index in [0.29, 0.717) is 6.04 Å². The van der Waals surface area contributed by atoms with E-state index in [1.165, 1.54) is 42.4 Å². The lowest BCUT2D eigenvalue weighted by atomic mass is 9.96. The topological polar surface area (TPSA) is 31.4 Å². The Kier molecular flexibility index (Phi) is 5.60. The second-order valence-electron chi connectivity index (χ2n) is 7.41. The number of aryl methyl sites for hydroxylation is 1. The minimum absolute atomic E-state index is 0.589. The summed E-state index contributed by atoms with van der Waals surface area (Å²) >= 11 is 7.49. The van der Waals surface area contributed by atoms with Gasteiger partial charge in [-0.25, -0.2) is 4.98 Å². The van der Waals surface area contributed by atoms with Crippen molar-refractivity contribution in [3.8, 4) is 0 Å². The Hall–Kier alpha value is -1.40. The molecule has 1 saturated carbocycles. The Morgan fingerprint density at radius 3 is 2.69 bits per heavy atom. The average molecular weight is 389 g/mol. The van der Waals surface area contributed by atoms with E-state index >= 15 is 0 Å². The van der Waals surface area contributed by atoms with Gasteiger partial charge < -0.3 is 15.1 Å². The van der Waals surface area contributed by atoms with Crippen LogP contribution >= 0.6 is 23.6 Å². The smallest absolute Gasteiger partial charge is 0.186 e. The number of fused-ring (bicyclic) bond motifs is 1. The van der Waals surface area contributed by atoms with Gasteiger partial charge in [0.1, 0.15) is 0 Å². The van der Waals surface area contributed by atoms with Crippen LogP contribution in [0, 0.1) is 0 Å². The molecule has 0 bridgehead atoms. The lowest BCUT2D eigenvalue weighted by molar-refractivity contribution is 0.355. The van der Waals surface area contributed by atoms with Crippen LogP contribution in [0.3, 0.4) is 0 Å². The number of aromatic nitrogens is 1. The molecule has 1 aliphatic carbocycles. The van der Waals surface area contributed by atoms with Gasteiger partial charge in [0, 0.05) is 32.2 Å². The van der Waals surface area contributed by atoms with Crippen LogP contribution < -0.4 is 10.2 Å². The largest absolute Gasteiger partial charge is 0.360 e. The van der Waals surface area contributed by atoms with Crippen LogP contribution in [0.2, 0.25) is 0 Å². The quantitative estimate of drug-likeness (QED) is 0.797. The number of thiazole rings is 1. The molecule has 1 saturated heterocycles. The maximum absolute atomic E-state index is 5.67. The van der Waals surface area contributed by atoms with Gasteiger partial charge in [0.25, 0.3) is 0 Å². The molecule has 1 N–H and O–H groups in total. The van der Waals surface area contributed by atoms with Gasteiger partial charge in [0.15, 0.2) is 10.2 Å². The summed E-state index contributed by atoms with van der Waals surface area (Å²) in [6, 6.07) is 7.23. The molecule has 1 aromatic heterocycles. The highest BCUT2D eigenvalue weighted by atomic mass is 32.1. The molecule has 2 aromatic rings. The van der Waals surface area contributed by atoms with E-state index in [4.69, 9.17) is 17.2 Å². The SMILES string of the molecule is CCc1ccc2nc(N3CCN(C(=S)NC4CCCCC4)CC3)sc2c1. The number of benzene rings is 1. The highest BCUT2D eigenvalue weighted by Gasteiger charge is 2.23. The number of nitrogens with one attached hydrogen (secondary N) is 1. The normalized spacial score (nSPS) is 19.1. The monoisotopic (exact) mass is 388 g/mol. The standard InChI is InChI=1S/C20H28N4S2/c1-2-15-8-9-17-18(14-15)26-20(22-17)24-12-10-23(11-13-24)19(25)21-16-6-4-3-5-7-16/h8-9,14,16H,2-7,10-13H2,1H3,(H,21,25). The van der Waals surface area contributed by atoms with Gasteiger partial charge in [-0.1, -0.05) is 43.6 Å². The van der Waals surface area contributed by atoms with Gasteiger partial charge in [-0.05, 0) is 49.2 Å². The molecule has 6 heteroatoms. The summed E-state index contributed by atoms with van der Waals surface area (Å²) in [4.78, 5) is 9.60. The highest BCUT2D eigenvalue weighted by Crippen LogP contribution is 2.30. The first-order valence-electron chi connectivity index (χ1n) is 9.93. The number of thiocarbonyl (C=S) groups is 1. The van der Waals surface area contributed by atoms with Crippen molar-refractivity contribution in [3.05, 3.63) is 23.8 Å². The van der Waals surface area contributed by atoms with Crippen molar-refractivity contribution in [2.75, 3.05) is 31.1 Å². The van der Waals surface area contributed by atoms with E-state index in [2.05, 4.69) is 40.2 Å². The Morgan fingerprint density at radius 1 is 1.19 bits per heavy atom.